The van der Waals surface area contributed by atoms with Crippen LogP contribution in [0.4, 0.5) is 14.9 Å². The van der Waals surface area contributed by atoms with Gasteiger partial charge in [-0.15, -0.1) is 0 Å². The largest absolute Gasteiger partial charge is 0.353 e. The van der Waals surface area contributed by atoms with Gasteiger partial charge in [-0.1, -0.05) is 12.8 Å². The van der Waals surface area contributed by atoms with Crippen molar-refractivity contribution in [3.8, 4) is 0 Å². The lowest BCUT2D eigenvalue weighted by Crippen LogP contribution is -2.59. The van der Waals surface area contributed by atoms with E-state index in [1.165, 1.54) is 25.0 Å². The SMILES string of the molecule is CC(C)NC(=O)[C@@H](C1CCCC1)N1CCN(C(=O)Nc2ccc(F)cc2)CC1. The molecular formula is C21H31FN4O2. The number of benzene rings is 1. The third kappa shape index (κ3) is 5.22. The molecule has 3 rings (SSSR count). The second kappa shape index (κ2) is 9.37. The summed E-state index contributed by atoms with van der Waals surface area (Å²) < 4.78 is 13.0. The molecule has 7 heteroatoms. The number of nitrogens with zero attached hydrogens (tertiary/aromatic N) is 2. The number of hydrogen-bond acceptors (Lipinski definition) is 3. The van der Waals surface area contributed by atoms with E-state index in [2.05, 4.69) is 15.5 Å². The highest BCUT2D eigenvalue weighted by atomic mass is 19.1. The Kier molecular flexibility index (Phi) is 6.88. The van der Waals surface area contributed by atoms with Crippen LogP contribution in [0.25, 0.3) is 0 Å². The van der Waals surface area contributed by atoms with E-state index < -0.39 is 0 Å². The van der Waals surface area contributed by atoms with Crippen LogP contribution >= 0.6 is 0 Å². The Morgan fingerprint density at radius 3 is 2.21 bits per heavy atom. The molecule has 0 bridgehead atoms. The van der Waals surface area contributed by atoms with Gasteiger partial charge in [0.25, 0.3) is 0 Å². The maximum absolute atomic E-state index is 13.0. The summed E-state index contributed by atoms with van der Waals surface area (Å²) in [7, 11) is 0. The molecule has 3 amide bonds. The second-order valence-corrected chi connectivity index (χ2v) is 8.11. The molecule has 2 fully saturated rings. The normalized spacial score (nSPS) is 19.6. The van der Waals surface area contributed by atoms with Crippen molar-refractivity contribution >= 4 is 17.6 Å². The first-order valence-corrected chi connectivity index (χ1v) is 10.3. The van der Waals surface area contributed by atoms with E-state index in [1.807, 2.05) is 13.8 Å². The van der Waals surface area contributed by atoms with Crippen LogP contribution in [0.3, 0.4) is 0 Å². The fourth-order valence-corrected chi connectivity index (χ4v) is 4.26. The van der Waals surface area contributed by atoms with E-state index in [-0.39, 0.29) is 29.8 Å². The van der Waals surface area contributed by atoms with Gasteiger partial charge in [-0.3, -0.25) is 9.69 Å². The highest BCUT2D eigenvalue weighted by Crippen LogP contribution is 2.31. The molecule has 6 nitrogen and oxygen atoms in total. The van der Waals surface area contributed by atoms with Crippen LogP contribution in [0, 0.1) is 11.7 Å². The Morgan fingerprint density at radius 2 is 1.64 bits per heavy atom. The Hall–Kier alpha value is -2.15. The first-order valence-electron chi connectivity index (χ1n) is 10.3. The van der Waals surface area contributed by atoms with Crippen molar-refractivity contribution < 1.29 is 14.0 Å². The third-order valence-electron chi connectivity index (χ3n) is 5.64. The van der Waals surface area contributed by atoms with Gasteiger partial charge in [0.2, 0.25) is 5.91 Å². The number of anilines is 1. The van der Waals surface area contributed by atoms with Crippen LogP contribution in [-0.2, 0) is 4.79 Å². The molecule has 1 heterocycles. The lowest BCUT2D eigenvalue weighted by atomic mass is 9.94. The summed E-state index contributed by atoms with van der Waals surface area (Å²) >= 11 is 0. The molecule has 154 valence electrons. The molecule has 1 saturated heterocycles. The molecule has 0 aromatic heterocycles. The number of carbonyl (C=O) groups is 2. The van der Waals surface area contributed by atoms with Crippen molar-refractivity contribution in [2.24, 2.45) is 5.92 Å². The molecule has 1 aromatic carbocycles. The zero-order valence-electron chi connectivity index (χ0n) is 16.8. The van der Waals surface area contributed by atoms with E-state index >= 15 is 0 Å². The molecule has 2 aliphatic rings. The van der Waals surface area contributed by atoms with Gasteiger partial charge in [0.1, 0.15) is 5.82 Å². The van der Waals surface area contributed by atoms with Crippen LogP contribution in [0.2, 0.25) is 0 Å². The fourth-order valence-electron chi connectivity index (χ4n) is 4.26. The zero-order valence-corrected chi connectivity index (χ0v) is 16.8. The Bertz CT molecular complexity index is 665. The van der Waals surface area contributed by atoms with Gasteiger partial charge in [0.05, 0.1) is 6.04 Å². The van der Waals surface area contributed by atoms with E-state index in [9.17, 15) is 14.0 Å². The van der Waals surface area contributed by atoms with Gasteiger partial charge < -0.3 is 15.5 Å². The predicted molar refractivity (Wildman–Crippen MR) is 108 cm³/mol. The molecule has 1 atom stereocenters. The van der Waals surface area contributed by atoms with Crippen molar-refractivity contribution in [1.82, 2.24) is 15.1 Å². The minimum Gasteiger partial charge on any atom is -0.353 e. The van der Waals surface area contributed by atoms with Crippen molar-refractivity contribution in [2.45, 2.75) is 51.6 Å². The molecule has 28 heavy (non-hydrogen) atoms. The summed E-state index contributed by atoms with van der Waals surface area (Å²) in [5, 5.41) is 5.89. The standard InChI is InChI=1S/C21H31FN4O2/c1-15(2)23-20(27)19(16-5-3-4-6-16)25-11-13-26(14-12-25)21(28)24-18-9-7-17(22)8-10-18/h7-10,15-16,19H,3-6,11-14H2,1-2H3,(H,23,27)(H,24,28)/t19-/m1/s1. The summed E-state index contributed by atoms with van der Waals surface area (Å²) in [6, 6.07) is 5.59. The van der Waals surface area contributed by atoms with Crippen LogP contribution in [-0.4, -0.2) is 60.0 Å². The van der Waals surface area contributed by atoms with E-state index in [0.717, 1.165) is 12.8 Å². The lowest BCUT2D eigenvalue weighted by Gasteiger charge is -2.41. The highest BCUT2D eigenvalue weighted by molar-refractivity contribution is 5.89. The summed E-state index contributed by atoms with van der Waals surface area (Å²) in [6.07, 6.45) is 4.58. The second-order valence-electron chi connectivity index (χ2n) is 8.11. The Labute approximate surface area is 166 Å². The first-order chi connectivity index (χ1) is 13.4. The number of piperazine rings is 1. The Morgan fingerprint density at radius 1 is 1.04 bits per heavy atom. The molecule has 0 radical (unpaired) electrons. The van der Waals surface area contributed by atoms with E-state index in [1.54, 1.807) is 17.0 Å². The average molecular weight is 391 g/mol. The Balaban J connectivity index is 1.57. The van der Waals surface area contributed by atoms with E-state index in [0.29, 0.717) is 37.8 Å². The van der Waals surface area contributed by atoms with E-state index in [4.69, 9.17) is 0 Å². The van der Waals surface area contributed by atoms with Crippen molar-refractivity contribution in [1.29, 1.82) is 0 Å². The average Bonchev–Trinajstić information content (AvgIpc) is 3.18. The van der Waals surface area contributed by atoms with Crippen molar-refractivity contribution in [2.75, 3.05) is 31.5 Å². The number of urea groups is 1. The summed E-state index contributed by atoms with van der Waals surface area (Å²) in [4.78, 5) is 29.3. The molecule has 1 aliphatic heterocycles. The number of halogens is 1. The smallest absolute Gasteiger partial charge is 0.321 e. The lowest BCUT2D eigenvalue weighted by molar-refractivity contribution is -0.129. The molecule has 1 saturated carbocycles. The minimum atomic E-state index is -0.329. The van der Waals surface area contributed by atoms with Crippen LogP contribution in [0.5, 0.6) is 0 Å². The van der Waals surface area contributed by atoms with Gasteiger partial charge in [0, 0.05) is 37.9 Å². The molecular weight excluding hydrogens is 359 g/mol. The molecule has 2 N–H and O–H groups in total. The summed E-state index contributed by atoms with van der Waals surface area (Å²) in [5.74, 6) is 0.189. The maximum Gasteiger partial charge on any atom is 0.321 e. The van der Waals surface area contributed by atoms with Crippen molar-refractivity contribution in [3.05, 3.63) is 30.1 Å². The monoisotopic (exact) mass is 390 g/mol. The number of carbonyl (C=O) groups excluding carboxylic acids is 2. The number of rotatable bonds is 5. The van der Waals surface area contributed by atoms with Gasteiger partial charge in [0.15, 0.2) is 0 Å². The van der Waals surface area contributed by atoms with Crippen LogP contribution < -0.4 is 10.6 Å². The number of hydrogen-bond donors (Lipinski definition) is 2. The van der Waals surface area contributed by atoms with Crippen LogP contribution in [0.15, 0.2) is 24.3 Å². The zero-order chi connectivity index (χ0) is 20.1. The molecule has 0 unspecified atom stereocenters. The molecule has 1 aliphatic carbocycles. The van der Waals surface area contributed by atoms with Gasteiger partial charge in [-0.05, 0) is 56.9 Å². The summed E-state index contributed by atoms with van der Waals surface area (Å²) in [6.45, 7) is 6.49. The molecule has 0 spiro atoms. The minimum absolute atomic E-state index is 0.104. The quantitative estimate of drug-likeness (QED) is 0.812. The van der Waals surface area contributed by atoms with Gasteiger partial charge in [-0.25, -0.2) is 9.18 Å². The fraction of sp³-hybridized carbons (Fsp3) is 0.619. The van der Waals surface area contributed by atoms with Gasteiger partial charge in [-0.2, -0.15) is 0 Å². The third-order valence-corrected chi connectivity index (χ3v) is 5.64. The van der Waals surface area contributed by atoms with Crippen molar-refractivity contribution in [3.63, 3.8) is 0 Å². The topological polar surface area (TPSA) is 64.7 Å². The first kappa shape index (κ1) is 20.6. The highest BCUT2D eigenvalue weighted by Gasteiger charge is 2.37. The van der Waals surface area contributed by atoms with Crippen LogP contribution in [0.1, 0.15) is 39.5 Å². The number of nitrogens with one attached hydrogen (secondary N) is 2. The maximum atomic E-state index is 13.0. The molecule has 1 aromatic rings. The predicted octanol–water partition coefficient (Wildman–Crippen LogP) is 3.06. The van der Waals surface area contributed by atoms with Gasteiger partial charge >= 0.3 is 6.03 Å². The summed E-state index contributed by atoms with van der Waals surface area (Å²) in [5.41, 5.74) is 0.578. The number of amides is 3.